The van der Waals surface area contributed by atoms with Crippen molar-refractivity contribution >= 4 is 29.9 Å². The predicted octanol–water partition coefficient (Wildman–Crippen LogP) is 3.11. The molecule has 1 saturated heterocycles. The number of carbonyl (C=O) groups excluding carboxylic acids is 1. The maximum atomic E-state index is 12.4. The Kier molecular flexibility index (Phi) is 6.80. The van der Waals surface area contributed by atoms with Gasteiger partial charge in [0.15, 0.2) is 0 Å². The first-order chi connectivity index (χ1) is 9.06. The van der Waals surface area contributed by atoms with Crippen LogP contribution in [0.5, 0.6) is 0 Å². The fourth-order valence-corrected chi connectivity index (χ4v) is 2.87. The molecule has 1 amide bonds. The molecule has 2 rings (SSSR count). The van der Waals surface area contributed by atoms with E-state index in [1.165, 1.54) is 0 Å². The van der Waals surface area contributed by atoms with Crippen molar-refractivity contribution in [3.05, 3.63) is 34.9 Å². The number of benzene rings is 1. The molecular formula is C15H22Cl2N2O. The van der Waals surface area contributed by atoms with Crippen LogP contribution in [-0.4, -0.2) is 30.4 Å². The Hall–Kier alpha value is -0.770. The zero-order valence-corrected chi connectivity index (χ0v) is 13.5. The zero-order valence-electron chi connectivity index (χ0n) is 11.9. The Labute approximate surface area is 132 Å². The van der Waals surface area contributed by atoms with E-state index in [9.17, 15) is 4.79 Å². The van der Waals surface area contributed by atoms with Crippen molar-refractivity contribution in [2.24, 2.45) is 5.92 Å². The lowest BCUT2D eigenvalue weighted by atomic mass is 9.92. The third kappa shape index (κ3) is 4.65. The van der Waals surface area contributed by atoms with Gasteiger partial charge in [0.2, 0.25) is 5.91 Å². The second kappa shape index (κ2) is 7.87. The summed E-state index contributed by atoms with van der Waals surface area (Å²) in [5.74, 6) is 0.397. The van der Waals surface area contributed by atoms with E-state index in [4.69, 9.17) is 11.6 Å². The SMILES string of the molecule is C[C@H]1C[C@@H](C(=O)N(C)Cc2cccc(Cl)c2)CCN1.Cl. The number of piperidine rings is 1. The van der Waals surface area contributed by atoms with Crippen LogP contribution in [0.15, 0.2) is 24.3 Å². The van der Waals surface area contributed by atoms with Crippen LogP contribution in [-0.2, 0) is 11.3 Å². The van der Waals surface area contributed by atoms with E-state index in [0.717, 1.165) is 24.9 Å². The number of hydrogen-bond donors (Lipinski definition) is 1. The van der Waals surface area contributed by atoms with Gasteiger partial charge >= 0.3 is 0 Å². The molecule has 1 N–H and O–H groups in total. The Morgan fingerprint density at radius 3 is 2.90 bits per heavy atom. The van der Waals surface area contributed by atoms with Gasteiger partial charge in [-0.15, -0.1) is 12.4 Å². The summed E-state index contributed by atoms with van der Waals surface area (Å²) in [4.78, 5) is 14.2. The number of nitrogens with one attached hydrogen (secondary N) is 1. The van der Waals surface area contributed by atoms with Crippen LogP contribution in [0.25, 0.3) is 0 Å². The van der Waals surface area contributed by atoms with E-state index in [0.29, 0.717) is 17.6 Å². The van der Waals surface area contributed by atoms with Gasteiger partial charge < -0.3 is 10.2 Å². The molecule has 0 spiro atoms. The van der Waals surface area contributed by atoms with Gasteiger partial charge in [-0.05, 0) is 44.0 Å². The quantitative estimate of drug-likeness (QED) is 0.929. The van der Waals surface area contributed by atoms with Crippen LogP contribution in [0.3, 0.4) is 0 Å². The van der Waals surface area contributed by atoms with Crippen LogP contribution < -0.4 is 5.32 Å². The zero-order chi connectivity index (χ0) is 13.8. The number of hydrogen-bond acceptors (Lipinski definition) is 2. The standard InChI is InChI=1S/C15H21ClN2O.ClH/c1-11-8-13(6-7-17-11)15(19)18(2)10-12-4-3-5-14(16)9-12;/h3-5,9,11,13,17H,6-8,10H2,1-2H3;1H/t11-,13-;/m0./s1. The van der Waals surface area contributed by atoms with E-state index in [1.54, 1.807) is 0 Å². The summed E-state index contributed by atoms with van der Waals surface area (Å²) in [5.41, 5.74) is 1.07. The molecule has 1 aliphatic heterocycles. The van der Waals surface area contributed by atoms with Crippen molar-refractivity contribution in [3.63, 3.8) is 0 Å². The van der Waals surface area contributed by atoms with Gasteiger partial charge in [0.25, 0.3) is 0 Å². The molecule has 1 aliphatic rings. The van der Waals surface area contributed by atoms with Crippen LogP contribution in [0.4, 0.5) is 0 Å². The monoisotopic (exact) mass is 316 g/mol. The molecule has 112 valence electrons. The first-order valence-electron chi connectivity index (χ1n) is 6.79. The number of amides is 1. The van der Waals surface area contributed by atoms with Gasteiger partial charge in [0.1, 0.15) is 0 Å². The molecule has 2 atom stereocenters. The topological polar surface area (TPSA) is 32.3 Å². The average Bonchev–Trinajstić information content (AvgIpc) is 2.38. The van der Waals surface area contributed by atoms with Crippen molar-refractivity contribution < 1.29 is 4.79 Å². The fraction of sp³-hybridized carbons (Fsp3) is 0.533. The lowest BCUT2D eigenvalue weighted by Gasteiger charge is -2.30. The maximum Gasteiger partial charge on any atom is 0.225 e. The van der Waals surface area contributed by atoms with Crippen molar-refractivity contribution in [2.75, 3.05) is 13.6 Å². The van der Waals surface area contributed by atoms with E-state index >= 15 is 0 Å². The molecule has 0 saturated carbocycles. The summed E-state index contributed by atoms with van der Waals surface area (Å²) < 4.78 is 0. The van der Waals surface area contributed by atoms with Gasteiger partial charge in [0, 0.05) is 30.6 Å². The van der Waals surface area contributed by atoms with E-state index in [2.05, 4.69) is 12.2 Å². The van der Waals surface area contributed by atoms with E-state index in [1.807, 2.05) is 36.2 Å². The van der Waals surface area contributed by atoms with Gasteiger partial charge in [-0.3, -0.25) is 4.79 Å². The molecule has 0 aliphatic carbocycles. The molecule has 1 fully saturated rings. The van der Waals surface area contributed by atoms with Gasteiger partial charge in [-0.25, -0.2) is 0 Å². The molecule has 0 aromatic heterocycles. The number of halogens is 2. The number of rotatable bonds is 3. The summed E-state index contributed by atoms with van der Waals surface area (Å²) in [6, 6.07) is 8.11. The van der Waals surface area contributed by atoms with Crippen molar-refractivity contribution in [1.82, 2.24) is 10.2 Å². The Balaban J connectivity index is 0.00000200. The summed E-state index contributed by atoms with van der Waals surface area (Å²) >= 11 is 5.96. The van der Waals surface area contributed by atoms with Gasteiger partial charge in [-0.1, -0.05) is 23.7 Å². The van der Waals surface area contributed by atoms with Crippen molar-refractivity contribution in [2.45, 2.75) is 32.4 Å². The van der Waals surface area contributed by atoms with Crippen LogP contribution >= 0.6 is 24.0 Å². The van der Waals surface area contributed by atoms with Crippen LogP contribution in [0, 0.1) is 5.92 Å². The Morgan fingerprint density at radius 2 is 2.25 bits per heavy atom. The first-order valence-corrected chi connectivity index (χ1v) is 7.17. The van der Waals surface area contributed by atoms with E-state index in [-0.39, 0.29) is 24.2 Å². The largest absolute Gasteiger partial charge is 0.341 e. The second-order valence-electron chi connectivity index (χ2n) is 5.40. The van der Waals surface area contributed by atoms with Crippen molar-refractivity contribution in [1.29, 1.82) is 0 Å². The summed E-state index contributed by atoms with van der Waals surface area (Å²) in [7, 11) is 1.87. The molecule has 20 heavy (non-hydrogen) atoms. The lowest BCUT2D eigenvalue weighted by Crippen LogP contribution is -2.42. The van der Waals surface area contributed by atoms with Gasteiger partial charge in [-0.2, -0.15) is 0 Å². The van der Waals surface area contributed by atoms with Crippen LogP contribution in [0.1, 0.15) is 25.3 Å². The third-order valence-electron chi connectivity index (χ3n) is 3.66. The summed E-state index contributed by atoms with van der Waals surface area (Å²) in [6.45, 7) is 3.69. The Morgan fingerprint density at radius 1 is 1.50 bits per heavy atom. The molecule has 3 nitrogen and oxygen atoms in total. The van der Waals surface area contributed by atoms with Crippen molar-refractivity contribution in [3.8, 4) is 0 Å². The minimum absolute atomic E-state index is 0. The molecule has 5 heteroatoms. The summed E-state index contributed by atoms with van der Waals surface area (Å²) in [5, 5.41) is 4.09. The highest BCUT2D eigenvalue weighted by molar-refractivity contribution is 6.30. The molecule has 0 radical (unpaired) electrons. The van der Waals surface area contributed by atoms with Gasteiger partial charge in [0.05, 0.1) is 0 Å². The predicted molar refractivity (Wildman–Crippen MR) is 85.4 cm³/mol. The molecule has 1 aromatic carbocycles. The first kappa shape index (κ1) is 17.3. The van der Waals surface area contributed by atoms with E-state index < -0.39 is 0 Å². The highest BCUT2D eigenvalue weighted by Crippen LogP contribution is 2.20. The normalized spacial score (nSPS) is 21.9. The highest BCUT2D eigenvalue weighted by atomic mass is 35.5. The number of nitrogens with zero attached hydrogens (tertiary/aromatic N) is 1. The molecule has 1 aromatic rings. The lowest BCUT2D eigenvalue weighted by molar-refractivity contribution is -0.135. The average molecular weight is 317 g/mol. The highest BCUT2D eigenvalue weighted by Gasteiger charge is 2.26. The molecule has 0 bridgehead atoms. The molecular weight excluding hydrogens is 295 g/mol. The molecule has 0 unspecified atom stereocenters. The van der Waals surface area contributed by atoms with Crippen LogP contribution in [0.2, 0.25) is 5.02 Å². The fourth-order valence-electron chi connectivity index (χ4n) is 2.65. The number of carbonyl (C=O) groups is 1. The molecule has 1 heterocycles. The third-order valence-corrected chi connectivity index (χ3v) is 3.89. The smallest absolute Gasteiger partial charge is 0.225 e. The second-order valence-corrected chi connectivity index (χ2v) is 5.84. The minimum atomic E-state index is 0. The summed E-state index contributed by atoms with van der Waals surface area (Å²) in [6.07, 6.45) is 1.86. The Bertz CT molecular complexity index is 453. The minimum Gasteiger partial charge on any atom is -0.341 e. The maximum absolute atomic E-state index is 12.4.